The number of fused-ring (bicyclic) bond motifs is 1. The van der Waals surface area contributed by atoms with E-state index in [1.54, 1.807) is 15.6 Å². The second-order valence-electron chi connectivity index (χ2n) is 5.14. The highest BCUT2D eigenvalue weighted by Crippen LogP contribution is 2.22. The molecule has 0 bridgehead atoms. The molecule has 0 aliphatic rings. The van der Waals surface area contributed by atoms with Crippen molar-refractivity contribution in [3.8, 4) is 17.1 Å². The first-order chi connectivity index (χ1) is 10.6. The van der Waals surface area contributed by atoms with Gasteiger partial charge in [-0.25, -0.2) is 14.3 Å². The molecule has 0 aliphatic heterocycles. The molecule has 3 aromatic heterocycles. The summed E-state index contributed by atoms with van der Waals surface area (Å²) in [6, 6.07) is 7.53. The molecule has 4 aromatic rings. The van der Waals surface area contributed by atoms with Gasteiger partial charge in [-0.3, -0.25) is 0 Å². The topological polar surface area (TPSA) is 64.3 Å². The Bertz CT molecular complexity index is 925. The maximum Gasteiger partial charge on any atom is 0.176 e. The normalized spacial score (nSPS) is 11.4. The lowest BCUT2D eigenvalue weighted by molar-refractivity contribution is 0.773. The van der Waals surface area contributed by atoms with Gasteiger partial charge in [0.1, 0.15) is 11.3 Å². The van der Waals surface area contributed by atoms with Crippen molar-refractivity contribution in [1.82, 2.24) is 29.5 Å². The molecule has 4 rings (SSSR count). The van der Waals surface area contributed by atoms with Crippen LogP contribution in [0, 0.1) is 6.92 Å². The van der Waals surface area contributed by atoms with Gasteiger partial charge < -0.3 is 4.98 Å². The highest BCUT2D eigenvalue weighted by molar-refractivity contribution is 6.30. The van der Waals surface area contributed by atoms with Gasteiger partial charge in [0.05, 0.1) is 23.1 Å². The molecule has 22 heavy (non-hydrogen) atoms. The van der Waals surface area contributed by atoms with Crippen LogP contribution in [0.15, 0.2) is 36.7 Å². The minimum atomic E-state index is 0.705. The Labute approximate surface area is 131 Å². The maximum absolute atomic E-state index is 5.91. The van der Waals surface area contributed by atoms with Crippen LogP contribution in [0.5, 0.6) is 0 Å². The zero-order chi connectivity index (χ0) is 15.3. The van der Waals surface area contributed by atoms with Crippen molar-refractivity contribution < 1.29 is 0 Å². The summed E-state index contributed by atoms with van der Waals surface area (Å²) in [4.78, 5) is 7.90. The molecule has 0 spiro atoms. The average Bonchev–Trinajstić information content (AvgIpc) is 3.18. The quantitative estimate of drug-likeness (QED) is 0.618. The molecule has 0 radical (unpaired) electrons. The predicted octanol–water partition coefficient (Wildman–Crippen LogP) is 3.11. The van der Waals surface area contributed by atoms with E-state index in [2.05, 4.69) is 20.2 Å². The fraction of sp³-hybridized carbons (Fsp3) is 0.133. The number of imidazole rings is 1. The van der Waals surface area contributed by atoms with E-state index in [0.29, 0.717) is 5.02 Å². The van der Waals surface area contributed by atoms with Crippen LogP contribution < -0.4 is 0 Å². The summed E-state index contributed by atoms with van der Waals surface area (Å²) in [7, 11) is 1.89. The maximum atomic E-state index is 5.91. The van der Waals surface area contributed by atoms with E-state index in [9.17, 15) is 0 Å². The Morgan fingerprint density at radius 1 is 1.18 bits per heavy atom. The molecule has 0 atom stereocenters. The summed E-state index contributed by atoms with van der Waals surface area (Å²) in [5.74, 6) is 0.784. The highest BCUT2D eigenvalue weighted by Gasteiger charge is 2.13. The van der Waals surface area contributed by atoms with Crippen LogP contribution in [-0.2, 0) is 7.05 Å². The number of halogens is 1. The fourth-order valence-electron chi connectivity index (χ4n) is 2.49. The van der Waals surface area contributed by atoms with Crippen LogP contribution >= 0.6 is 11.6 Å². The number of aromatic amines is 1. The molecule has 1 aromatic carbocycles. The van der Waals surface area contributed by atoms with Gasteiger partial charge in [0.15, 0.2) is 5.65 Å². The van der Waals surface area contributed by atoms with Crippen molar-refractivity contribution in [1.29, 1.82) is 0 Å². The first-order valence-electron chi connectivity index (χ1n) is 6.82. The van der Waals surface area contributed by atoms with Gasteiger partial charge in [-0.15, -0.1) is 0 Å². The lowest BCUT2D eigenvalue weighted by Crippen LogP contribution is -1.93. The molecule has 0 fully saturated rings. The second kappa shape index (κ2) is 4.71. The number of benzene rings is 1. The number of H-pyrrole nitrogens is 1. The van der Waals surface area contributed by atoms with E-state index in [4.69, 9.17) is 11.6 Å². The van der Waals surface area contributed by atoms with Crippen LogP contribution in [-0.4, -0.2) is 29.5 Å². The minimum Gasteiger partial charge on any atom is -0.335 e. The van der Waals surface area contributed by atoms with E-state index < -0.39 is 0 Å². The summed E-state index contributed by atoms with van der Waals surface area (Å²) in [5.41, 5.74) is 4.60. The lowest BCUT2D eigenvalue weighted by atomic mass is 10.3. The van der Waals surface area contributed by atoms with Gasteiger partial charge >= 0.3 is 0 Å². The number of nitrogens with zero attached hydrogens (tertiary/aromatic N) is 5. The zero-order valence-electron chi connectivity index (χ0n) is 12.1. The average molecular weight is 313 g/mol. The SMILES string of the molecule is Cc1nn(C)c2nc(-c3cnn(-c4ccc(Cl)cc4)c3)[nH]c12. The largest absolute Gasteiger partial charge is 0.335 e. The van der Waals surface area contributed by atoms with Crippen molar-refractivity contribution in [2.45, 2.75) is 6.92 Å². The molecule has 0 aliphatic carbocycles. The molecular formula is C15H13ClN6. The number of nitrogens with one attached hydrogen (secondary N) is 1. The number of aryl methyl sites for hydroxylation is 2. The predicted molar refractivity (Wildman–Crippen MR) is 85.2 cm³/mol. The molecule has 3 heterocycles. The molecule has 0 unspecified atom stereocenters. The van der Waals surface area contributed by atoms with E-state index in [-0.39, 0.29) is 0 Å². The summed E-state index contributed by atoms with van der Waals surface area (Å²) < 4.78 is 3.57. The lowest BCUT2D eigenvalue weighted by Gasteiger charge is -2.00. The van der Waals surface area contributed by atoms with Gasteiger partial charge in [0.25, 0.3) is 0 Å². The molecule has 0 amide bonds. The van der Waals surface area contributed by atoms with Crippen molar-refractivity contribution in [2.24, 2.45) is 7.05 Å². The van der Waals surface area contributed by atoms with E-state index in [1.807, 2.05) is 44.4 Å². The first kappa shape index (κ1) is 13.1. The van der Waals surface area contributed by atoms with Crippen LogP contribution in [0.3, 0.4) is 0 Å². The van der Waals surface area contributed by atoms with Crippen molar-refractivity contribution >= 4 is 22.8 Å². The molecular weight excluding hydrogens is 300 g/mol. The van der Waals surface area contributed by atoms with Crippen molar-refractivity contribution in [2.75, 3.05) is 0 Å². The summed E-state index contributed by atoms with van der Waals surface area (Å²) in [6.07, 6.45) is 3.72. The summed E-state index contributed by atoms with van der Waals surface area (Å²) in [5, 5.41) is 9.42. The van der Waals surface area contributed by atoms with E-state index in [1.165, 1.54) is 0 Å². The van der Waals surface area contributed by atoms with Crippen LogP contribution in [0.4, 0.5) is 0 Å². The van der Waals surface area contributed by atoms with Crippen LogP contribution in [0.2, 0.25) is 5.02 Å². The Hall–Kier alpha value is -2.60. The second-order valence-corrected chi connectivity index (χ2v) is 5.58. The Morgan fingerprint density at radius 3 is 2.68 bits per heavy atom. The van der Waals surface area contributed by atoms with Gasteiger partial charge in [0, 0.05) is 18.3 Å². The van der Waals surface area contributed by atoms with E-state index >= 15 is 0 Å². The summed E-state index contributed by atoms with van der Waals surface area (Å²) in [6.45, 7) is 1.96. The standard InChI is InChI=1S/C15H13ClN6/c1-9-13-15(21(2)20-9)19-14(18-13)10-7-17-22(8-10)12-5-3-11(16)4-6-12/h3-8H,1-2H3,(H,18,19). The minimum absolute atomic E-state index is 0.705. The van der Waals surface area contributed by atoms with Crippen molar-refractivity contribution in [3.63, 3.8) is 0 Å². The van der Waals surface area contributed by atoms with Gasteiger partial charge in [-0.05, 0) is 31.2 Å². The zero-order valence-corrected chi connectivity index (χ0v) is 12.8. The summed E-state index contributed by atoms with van der Waals surface area (Å²) >= 11 is 5.91. The third-order valence-electron chi connectivity index (χ3n) is 3.60. The number of aromatic nitrogens is 6. The first-order valence-corrected chi connectivity index (χ1v) is 7.20. The van der Waals surface area contributed by atoms with Crippen LogP contribution in [0.1, 0.15) is 5.69 Å². The third-order valence-corrected chi connectivity index (χ3v) is 3.85. The smallest absolute Gasteiger partial charge is 0.176 e. The molecule has 0 saturated heterocycles. The number of hydrogen-bond acceptors (Lipinski definition) is 3. The number of rotatable bonds is 2. The number of hydrogen-bond donors (Lipinski definition) is 1. The molecule has 6 nitrogen and oxygen atoms in total. The fourth-order valence-corrected chi connectivity index (χ4v) is 2.62. The monoisotopic (exact) mass is 312 g/mol. The van der Waals surface area contributed by atoms with Gasteiger partial charge in [-0.2, -0.15) is 10.2 Å². The molecule has 110 valence electrons. The third kappa shape index (κ3) is 2.00. The highest BCUT2D eigenvalue weighted by atomic mass is 35.5. The van der Waals surface area contributed by atoms with Gasteiger partial charge in [-0.1, -0.05) is 11.6 Å². The Morgan fingerprint density at radius 2 is 1.95 bits per heavy atom. The molecule has 1 N–H and O–H groups in total. The van der Waals surface area contributed by atoms with E-state index in [0.717, 1.165) is 33.9 Å². The molecule has 0 saturated carbocycles. The van der Waals surface area contributed by atoms with Crippen LogP contribution in [0.25, 0.3) is 28.2 Å². The van der Waals surface area contributed by atoms with Gasteiger partial charge in [0.2, 0.25) is 0 Å². The molecule has 7 heteroatoms. The Balaban J connectivity index is 1.76. The van der Waals surface area contributed by atoms with Crippen molar-refractivity contribution in [3.05, 3.63) is 47.4 Å². The Kier molecular flexibility index (Phi) is 2.80.